The van der Waals surface area contributed by atoms with Gasteiger partial charge in [0.05, 0.1) is 12.2 Å². The van der Waals surface area contributed by atoms with Gasteiger partial charge in [-0.25, -0.2) is 4.79 Å². The van der Waals surface area contributed by atoms with Gasteiger partial charge in [-0.1, -0.05) is 36.4 Å². The lowest BCUT2D eigenvalue weighted by atomic mass is 10.0. The van der Waals surface area contributed by atoms with E-state index in [1.54, 1.807) is 24.3 Å². The lowest BCUT2D eigenvalue weighted by molar-refractivity contribution is 0.0472. The summed E-state index contributed by atoms with van der Waals surface area (Å²) in [4.78, 5) is 11.8. The largest absolute Gasteiger partial charge is 0.457 e. The highest BCUT2D eigenvalue weighted by atomic mass is 16.5. The number of hydrogen-bond acceptors (Lipinski definition) is 3. The Bertz CT molecular complexity index is 561. The molecule has 2 aromatic carbocycles. The van der Waals surface area contributed by atoms with Crippen molar-refractivity contribution in [3.63, 3.8) is 0 Å². The number of carbonyl (C=O) groups is 1. The van der Waals surface area contributed by atoms with Crippen molar-refractivity contribution < 1.29 is 14.6 Å². The van der Waals surface area contributed by atoms with Gasteiger partial charge < -0.3 is 9.84 Å². The molecule has 0 atom stereocenters. The van der Waals surface area contributed by atoms with Crippen LogP contribution in [0.1, 0.15) is 27.0 Å². The van der Waals surface area contributed by atoms with Gasteiger partial charge in [0.25, 0.3) is 0 Å². The van der Waals surface area contributed by atoms with Gasteiger partial charge in [0.2, 0.25) is 0 Å². The summed E-state index contributed by atoms with van der Waals surface area (Å²) < 4.78 is 5.27. The third-order valence-corrected chi connectivity index (χ3v) is 3.10. The topological polar surface area (TPSA) is 46.5 Å². The van der Waals surface area contributed by atoms with Crippen LogP contribution in [0.4, 0.5) is 0 Å². The molecule has 19 heavy (non-hydrogen) atoms. The van der Waals surface area contributed by atoms with Crippen molar-refractivity contribution in [1.29, 1.82) is 0 Å². The third-order valence-electron chi connectivity index (χ3n) is 3.10. The number of esters is 1. The quantitative estimate of drug-likeness (QED) is 0.856. The van der Waals surface area contributed by atoms with Crippen LogP contribution in [0.2, 0.25) is 0 Å². The highest BCUT2D eigenvalue weighted by molar-refractivity contribution is 5.89. The van der Waals surface area contributed by atoms with Crippen molar-refractivity contribution in [2.24, 2.45) is 0 Å². The number of benzene rings is 2. The smallest absolute Gasteiger partial charge is 0.338 e. The fourth-order valence-corrected chi connectivity index (χ4v) is 1.87. The average molecular weight is 256 g/mol. The molecule has 0 unspecified atom stereocenters. The molecule has 0 amide bonds. The molecule has 0 aliphatic heterocycles. The van der Waals surface area contributed by atoms with Gasteiger partial charge >= 0.3 is 5.97 Å². The standard InChI is InChI=1S/C16H16O3/c1-12-14(10-17)8-5-9-15(12)11-19-16(18)13-6-3-2-4-7-13/h2-9,17H,10-11H2,1H3. The summed E-state index contributed by atoms with van der Waals surface area (Å²) in [5.41, 5.74) is 3.27. The molecule has 0 fully saturated rings. The summed E-state index contributed by atoms with van der Waals surface area (Å²) in [6.45, 7) is 2.12. The summed E-state index contributed by atoms with van der Waals surface area (Å²) in [6, 6.07) is 14.5. The minimum absolute atomic E-state index is 0.00763. The summed E-state index contributed by atoms with van der Waals surface area (Å²) in [5.74, 6) is -0.339. The zero-order chi connectivity index (χ0) is 13.7. The number of ether oxygens (including phenoxy) is 1. The van der Waals surface area contributed by atoms with Crippen LogP contribution < -0.4 is 0 Å². The predicted molar refractivity (Wildman–Crippen MR) is 72.7 cm³/mol. The molecule has 3 nitrogen and oxygen atoms in total. The first-order valence-electron chi connectivity index (χ1n) is 6.12. The van der Waals surface area contributed by atoms with Crippen LogP contribution in [0.25, 0.3) is 0 Å². The maximum absolute atomic E-state index is 11.8. The van der Waals surface area contributed by atoms with E-state index in [1.807, 2.05) is 31.2 Å². The molecule has 1 N–H and O–H groups in total. The Morgan fingerprint density at radius 2 is 1.74 bits per heavy atom. The Labute approximate surface area is 112 Å². The Hall–Kier alpha value is -2.13. The SMILES string of the molecule is Cc1c(CO)cccc1COC(=O)c1ccccc1. The van der Waals surface area contributed by atoms with E-state index in [4.69, 9.17) is 4.74 Å². The second kappa shape index (κ2) is 6.16. The highest BCUT2D eigenvalue weighted by Gasteiger charge is 2.08. The number of aliphatic hydroxyl groups is 1. The maximum Gasteiger partial charge on any atom is 0.338 e. The van der Waals surface area contributed by atoms with Crippen molar-refractivity contribution in [3.8, 4) is 0 Å². The Morgan fingerprint density at radius 1 is 1.05 bits per heavy atom. The van der Waals surface area contributed by atoms with E-state index in [0.29, 0.717) is 5.56 Å². The second-order valence-corrected chi connectivity index (χ2v) is 4.30. The van der Waals surface area contributed by atoms with Crippen molar-refractivity contribution in [2.45, 2.75) is 20.1 Å². The Kier molecular flexibility index (Phi) is 4.31. The molecular formula is C16H16O3. The Morgan fingerprint density at radius 3 is 2.42 bits per heavy atom. The van der Waals surface area contributed by atoms with Gasteiger partial charge in [-0.15, -0.1) is 0 Å². The number of carbonyl (C=O) groups excluding carboxylic acids is 1. The van der Waals surface area contributed by atoms with Crippen molar-refractivity contribution in [1.82, 2.24) is 0 Å². The van der Waals surface area contributed by atoms with E-state index in [1.165, 1.54) is 0 Å². The zero-order valence-electron chi connectivity index (χ0n) is 10.8. The molecule has 0 radical (unpaired) electrons. The molecule has 2 rings (SSSR count). The number of hydrogen-bond donors (Lipinski definition) is 1. The van der Waals surface area contributed by atoms with Gasteiger partial charge in [-0.3, -0.25) is 0 Å². The second-order valence-electron chi connectivity index (χ2n) is 4.30. The lowest BCUT2D eigenvalue weighted by Crippen LogP contribution is -2.06. The molecule has 0 bridgehead atoms. The summed E-state index contributed by atoms with van der Waals surface area (Å²) in [6.07, 6.45) is 0. The Balaban J connectivity index is 2.05. The first kappa shape index (κ1) is 13.3. The number of rotatable bonds is 4. The highest BCUT2D eigenvalue weighted by Crippen LogP contribution is 2.15. The van der Waals surface area contributed by atoms with E-state index in [9.17, 15) is 9.90 Å². The summed E-state index contributed by atoms with van der Waals surface area (Å²) >= 11 is 0. The van der Waals surface area contributed by atoms with E-state index in [-0.39, 0.29) is 19.2 Å². The van der Waals surface area contributed by atoms with Crippen molar-refractivity contribution in [2.75, 3.05) is 0 Å². The molecule has 98 valence electrons. The van der Waals surface area contributed by atoms with Gasteiger partial charge in [-0.05, 0) is 35.7 Å². The fourth-order valence-electron chi connectivity index (χ4n) is 1.87. The lowest BCUT2D eigenvalue weighted by Gasteiger charge is -2.10. The van der Waals surface area contributed by atoms with E-state index in [0.717, 1.165) is 16.7 Å². The molecule has 0 saturated carbocycles. The van der Waals surface area contributed by atoms with E-state index in [2.05, 4.69) is 0 Å². The molecular weight excluding hydrogens is 240 g/mol. The minimum Gasteiger partial charge on any atom is -0.457 e. The van der Waals surface area contributed by atoms with Crippen LogP contribution in [0.3, 0.4) is 0 Å². The minimum atomic E-state index is -0.339. The summed E-state index contributed by atoms with van der Waals surface area (Å²) in [5, 5.41) is 9.19. The van der Waals surface area contributed by atoms with Gasteiger partial charge in [0.1, 0.15) is 6.61 Å². The van der Waals surface area contributed by atoms with Gasteiger partial charge in [0, 0.05) is 0 Å². The first-order chi connectivity index (χ1) is 9.22. The van der Waals surface area contributed by atoms with Crippen LogP contribution in [0, 0.1) is 6.92 Å². The van der Waals surface area contributed by atoms with E-state index >= 15 is 0 Å². The fraction of sp³-hybridized carbons (Fsp3) is 0.188. The van der Waals surface area contributed by atoms with Crippen LogP contribution in [-0.2, 0) is 18.0 Å². The molecule has 0 aliphatic carbocycles. The van der Waals surface area contributed by atoms with Gasteiger partial charge in [-0.2, -0.15) is 0 Å². The molecule has 3 heteroatoms. The van der Waals surface area contributed by atoms with Crippen LogP contribution in [-0.4, -0.2) is 11.1 Å². The normalized spacial score (nSPS) is 10.2. The predicted octanol–water partition coefficient (Wildman–Crippen LogP) is 2.84. The molecule has 0 saturated heterocycles. The van der Waals surface area contributed by atoms with Gasteiger partial charge in [0.15, 0.2) is 0 Å². The third kappa shape index (κ3) is 3.20. The van der Waals surface area contributed by atoms with Crippen LogP contribution >= 0.6 is 0 Å². The molecule has 0 aromatic heterocycles. The van der Waals surface area contributed by atoms with Crippen LogP contribution in [0.5, 0.6) is 0 Å². The molecule has 0 aliphatic rings. The van der Waals surface area contributed by atoms with Crippen molar-refractivity contribution in [3.05, 3.63) is 70.8 Å². The molecule has 0 heterocycles. The number of aliphatic hydroxyl groups excluding tert-OH is 1. The average Bonchev–Trinajstić information content (AvgIpc) is 2.47. The van der Waals surface area contributed by atoms with E-state index < -0.39 is 0 Å². The maximum atomic E-state index is 11.8. The first-order valence-corrected chi connectivity index (χ1v) is 6.12. The molecule has 0 spiro atoms. The van der Waals surface area contributed by atoms with Crippen molar-refractivity contribution >= 4 is 5.97 Å². The summed E-state index contributed by atoms with van der Waals surface area (Å²) in [7, 11) is 0. The monoisotopic (exact) mass is 256 g/mol. The zero-order valence-corrected chi connectivity index (χ0v) is 10.8. The van der Waals surface area contributed by atoms with Crippen LogP contribution in [0.15, 0.2) is 48.5 Å². The molecule has 2 aromatic rings.